The van der Waals surface area contributed by atoms with Crippen LogP contribution in [0.4, 0.5) is 11.4 Å². The number of non-ortho nitro benzene ring substituents is 1. The van der Waals surface area contributed by atoms with Crippen LogP contribution < -0.4 is 15.8 Å². The lowest BCUT2D eigenvalue weighted by atomic mass is 10.2. The third kappa shape index (κ3) is 3.37. The number of rotatable bonds is 5. The van der Waals surface area contributed by atoms with E-state index in [9.17, 15) is 29.2 Å². The molecule has 0 amide bonds. The number of fused-ring (bicyclic) bond motifs is 1. The highest BCUT2D eigenvalue weighted by Gasteiger charge is 2.31. The Balaban J connectivity index is 2.26. The molecule has 3 rings (SSSR count). The molecule has 0 aliphatic rings. The van der Waals surface area contributed by atoms with Crippen molar-refractivity contribution in [3.05, 3.63) is 78.8 Å². The van der Waals surface area contributed by atoms with Gasteiger partial charge >= 0.3 is 19.3 Å². The van der Waals surface area contributed by atoms with E-state index in [0.717, 1.165) is 16.8 Å². The van der Waals surface area contributed by atoms with Crippen LogP contribution in [0.15, 0.2) is 52.1 Å². The van der Waals surface area contributed by atoms with Crippen LogP contribution >= 0.6 is 8.18 Å². The van der Waals surface area contributed by atoms with E-state index >= 15 is 0 Å². The number of hydrogen-bond donors (Lipinski definition) is 3. The van der Waals surface area contributed by atoms with Crippen LogP contribution in [0.25, 0.3) is 11.0 Å². The maximum absolute atomic E-state index is 11.9. The molecule has 0 fully saturated rings. The summed E-state index contributed by atoms with van der Waals surface area (Å²) in [5.41, 5.74) is -1.72. The van der Waals surface area contributed by atoms with Crippen molar-refractivity contribution in [1.82, 2.24) is 9.97 Å². The number of aromatic nitrogens is 2. The fraction of sp³-hybridized carbons (Fsp3) is 0.0667. The normalized spacial score (nSPS) is 11.3. The molecule has 0 saturated heterocycles. The van der Waals surface area contributed by atoms with Crippen molar-refractivity contribution in [1.29, 1.82) is 0 Å². The zero-order valence-electron chi connectivity index (χ0n) is 13.1. The number of H-pyrrole nitrogens is 2. The number of nitrogens with zero attached hydrogens (tertiary/aromatic N) is 2. The van der Waals surface area contributed by atoms with Gasteiger partial charge in [0, 0.05) is 12.1 Å². The number of nitro benzene ring substituents is 1. The third-order valence-corrected chi connectivity index (χ3v) is 4.44. The second-order valence-corrected chi connectivity index (χ2v) is 6.34. The first-order chi connectivity index (χ1) is 12.4. The Hall–Kier alpha value is -3.36. The molecule has 3 N–H and O–H groups in total. The van der Waals surface area contributed by atoms with Crippen LogP contribution in [0, 0.1) is 10.1 Å². The Morgan fingerprint density at radius 1 is 1.12 bits per heavy atom. The van der Waals surface area contributed by atoms with Gasteiger partial charge in [-0.3, -0.25) is 19.7 Å². The zero-order valence-corrected chi connectivity index (χ0v) is 14.0. The summed E-state index contributed by atoms with van der Waals surface area (Å²) in [4.78, 5) is 48.0. The monoisotopic (exact) mass is 375 g/mol. The van der Waals surface area contributed by atoms with E-state index in [4.69, 9.17) is 0 Å². The summed E-state index contributed by atoms with van der Waals surface area (Å²) in [7, 11) is -2.94. The zero-order chi connectivity index (χ0) is 18.8. The minimum absolute atomic E-state index is 0.0197. The van der Waals surface area contributed by atoms with Gasteiger partial charge in [-0.2, -0.15) is 0 Å². The van der Waals surface area contributed by atoms with Crippen molar-refractivity contribution in [3.8, 4) is 0 Å². The largest absolute Gasteiger partial charge is 0.643 e. The Morgan fingerprint density at radius 3 is 2.38 bits per heavy atom. The Labute approximate surface area is 145 Å². The summed E-state index contributed by atoms with van der Waals surface area (Å²) < 4.78 is 12.9. The highest BCUT2D eigenvalue weighted by molar-refractivity contribution is 7.40. The molecular formula is C15H12N4O6P+. The first-order valence-corrected chi connectivity index (χ1v) is 8.45. The Bertz CT molecular complexity index is 1120. The van der Waals surface area contributed by atoms with Gasteiger partial charge in [0.2, 0.25) is 0 Å². The van der Waals surface area contributed by atoms with E-state index in [0.29, 0.717) is 5.56 Å². The van der Waals surface area contributed by atoms with Crippen LogP contribution in [0.3, 0.4) is 0 Å². The number of benzene rings is 2. The van der Waals surface area contributed by atoms with Gasteiger partial charge in [0.05, 0.1) is 22.5 Å². The minimum Gasteiger partial charge on any atom is -0.316 e. The number of nitro groups is 1. The fourth-order valence-electron chi connectivity index (χ4n) is 2.49. The van der Waals surface area contributed by atoms with Crippen molar-refractivity contribution >= 4 is 30.6 Å². The van der Waals surface area contributed by atoms with Crippen LogP contribution in [0.2, 0.25) is 0 Å². The van der Waals surface area contributed by atoms with Gasteiger partial charge in [-0.15, -0.1) is 9.56 Å². The molecule has 0 bridgehead atoms. The van der Waals surface area contributed by atoms with Crippen molar-refractivity contribution in [2.75, 3.05) is 4.67 Å². The fourth-order valence-corrected chi connectivity index (χ4v) is 3.12. The lowest BCUT2D eigenvalue weighted by Crippen LogP contribution is -2.29. The number of hydrogen-bond acceptors (Lipinski definition) is 5. The molecular weight excluding hydrogens is 363 g/mol. The minimum atomic E-state index is -2.94. The van der Waals surface area contributed by atoms with E-state index in [1.165, 1.54) is 0 Å². The topological polar surface area (TPSA) is 149 Å². The molecule has 1 aromatic heterocycles. The van der Waals surface area contributed by atoms with E-state index < -0.39 is 29.9 Å². The summed E-state index contributed by atoms with van der Waals surface area (Å²) >= 11 is 0. The molecule has 0 aliphatic carbocycles. The van der Waals surface area contributed by atoms with Crippen molar-refractivity contribution < 1.29 is 14.4 Å². The number of nitrogens with one attached hydrogen (secondary N) is 2. The summed E-state index contributed by atoms with van der Waals surface area (Å²) in [6.07, 6.45) is 0. The molecule has 0 radical (unpaired) electrons. The first-order valence-electron chi connectivity index (χ1n) is 7.29. The van der Waals surface area contributed by atoms with Gasteiger partial charge in [0.15, 0.2) is 0 Å². The lowest BCUT2D eigenvalue weighted by Gasteiger charge is -2.13. The molecule has 2 aromatic carbocycles. The van der Waals surface area contributed by atoms with Crippen LogP contribution in [-0.4, -0.2) is 19.8 Å². The summed E-state index contributed by atoms with van der Waals surface area (Å²) in [6.45, 7) is -0.0377. The predicted octanol–water partition coefficient (Wildman–Crippen LogP) is 1.78. The van der Waals surface area contributed by atoms with Crippen molar-refractivity contribution in [2.45, 2.75) is 6.54 Å². The Morgan fingerprint density at radius 2 is 1.77 bits per heavy atom. The van der Waals surface area contributed by atoms with Gasteiger partial charge in [0.25, 0.3) is 5.69 Å². The smallest absolute Gasteiger partial charge is 0.316 e. The molecule has 0 saturated carbocycles. The van der Waals surface area contributed by atoms with E-state index in [-0.39, 0.29) is 23.3 Å². The molecule has 1 unspecified atom stereocenters. The quantitative estimate of drug-likeness (QED) is 0.266. The average Bonchev–Trinajstić information content (AvgIpc) is 2.60. The number of aromatic amines is 2. The van der Waals surface area contributed by atoms with Gasteiger partial charge in [-0.25, -0.2) is 0 Å². The van der Waals surface area contributed by atoms with Gasteiger partial charge in [-0.1, -0.05) is 30.3 Å². The predicted molar refractivity (Wildman–Crippen MR) is 94.3 cm³/mol. The first kappa shape index (κ1) is 17.5. The molecule has 1 heterocycles. The molecule has 132 valence electrons. The highest BCUT2D eigenvalue weighted by atomic mass is 31.1. The second kappa shape index (κ2) is 6.87. The van der Waals surface area contributed by atoms with E-state index in [1.807, 2.05) is 0 Å². The van der Waals surface area contributed by atoms with Crippen molar-refractivity contribution in [3.63, 3.8) is 0 Å². The average molecular weight is 375 g/mol. The van der Waals surface area contributed by atoms with E-state index in [2.05, 4.69) is 9.97 Å². The van der Waals surface area contributed by atoms with Gasteiger partial charge in [0.1, 0.15) is 5.69 Å². The maximum atomic E-state index is 11.9. The molecule has 0 spiro atoms. The van der Waals surface area contributed by atoms with E-state index in [1.54, 1.807) is 30.3 Å². The second-order valence-electron chi connectivity index (χ2n) is 5.35. The summed E-state index contributed by atoms with van der Waals surface area (Å²) in [5.74, 6) is 0. The highest BCUT2D eigenvalue weighted by Crippen LogP contribution is 2.37. The molecule has 26 heavy (non-hydrogen) atoms. The molecule has 11 heteroatoms. The molecule has 3 aromatic rings. The SMILES string of the molecule is O=c1[nH]c2cc([N+](=O)[O-])cc(N(Cc3ccccc3)[P+](=O)O)c2[nH]c1=O. The third-order valence-electron chi connectivity index (χ3n) is 3.67. The Kier molecular flexibility index (Phi) is 4.61. The lowest BCUT2D eigenvalue weighted by molar-refractivity contribution is -0.384. The molecule has 10 nitrogen and oxygen atoms in total. The standard InChI is InChI=1S/C15H11N4O6P/c20-14-15(21)17-13-11(16-14)6-10(19(22)23)7-12(13)18(26(24)25)8-9-4-2-1-3-5-9/h1-7H,8H2,(H2-,16,17,20,21,24,25)/p+1. The van der Waals surface area contributed by atoms with Gasteiger partial charge in [-0.05, 0) is 10.1 Å². The van der Waals surface area contributed by atoms with Gasteiger partial charge < -0.3 is 9.97 Å². The summed E-state index contributed by atoms with van der Waals surface area (Å²) in [5, 5.41) is 11.2. The maximum Gasteiger partial charge on any atom is 0.643 e. The molecule has 1 atom stereocenters. The van der Waals surface area contributed by atoms with Crippen molar-refractivity contribution in [2.24, 2.45) is 0 Å². The molecule has 0 aliphatic heterocycles. The summed E-state index contributed by atoms with van der Waals surface area (Å²) in [6, 6.07) is 10.8. The number of anilines is 1. The van der Waals surface area contributed by atoms with Crippen LogP contribution in [0.1, 0.15) is 5.56 Å². The van der Waals surface area contributed by atoms with Crippen LogP contribution in [-0.2, 0) is 11.1 Å². The van der Waals surface area contributed by atoms with Crippen LogP contribution in [0.5, 0.6) is 0 Å².